The summed E-state index contributed by atoms with van der Waals surface area (Å²) in [6.07, 6.45) is 0. The van der Waals surface area contributed by atoms with Crippen molar-refractivity contribution >= 4 is 33.3 Å². The highest BCUT2D eigenvalue weighted by Crippen LogP contribution is 2.36. The van der Waals surface area contributed by atoms with Gasteiger partial charge in [0.2, 0.25) is 5.91 Å². The maximum absolute atomic E-state index is 13.5. The number of hydrogen-bond acceptors (Lipinski definition) is 7. The number of amides is 1. The van der Waals surface area contributed by atoms with E-state index >= 15 is 0 Å². The van der Waals surface area contributed by atoms with Crippen molar-refractivity contribution in [2.45, 2.75) is 39.7 Å². The van der Waals surface area contributed by atoms with Gasteiger partial charge in [0, 0.05) is 44.1 Å². The third-order valence-electron chi connectivity index (χ3n) is 7.42. The number of rotatable bonds is 5. The van der Waals surface area contributed by atoms with Crippen LogP contribution in [0.15, 0.2) is 30.3 Å². The van der Waals surface area contributed by atoms with E-state index in [0.717, 1.165) is 68.0 Å². The standard InChI is InChI=1S/C27H35N5O2S/c1-19-20(2)35-25-23(19)24(28-22(29-25)18-30-14-16-34-17-15-30)31-10-12-32(13-11-31)26(33)27(3,4)21-8-6-5-7-9-21/h5-9H,10-18H2,1-4H3. The highest BCUT2D eigenvalue weighted by molar-refractivity contribution is 7.18. The molecule has 5 rings (SSSR count). The van der Waals surface area contributed by atoms with Crippen molar-refractivity contribution in [3.8, 4) is 0 Å². The van der Waals surface area contributed by atoms with E-state index in [0.29, 0.717) is 13.1 Å². The highest BCUT2D eigenvalue weighted by atomic mass is 32.1. The van der Waals surface area contributed by atoms with Crippen molar-refractivity contribution in [1.82, 2.24) is 19.8 Å². The molecule has 35 heavy (non-hydrogen) atoms. The molecular weight excluding hydrogens is 458 g/mol. The fourth-order valence-electron chi connectivity index (χ4n) is 5.03. The van der Waals surface area contributed by atoms with E-state index in [9.17, 15) is 4.79 Å². The second-order valence-electron chi connectivity index (χ2n) is 10.1. The maximum atomic E-state index is 13.5. The topological polar surface area (TPSA) is 61.8 Å². The van der Waals surface area contributed by atoms with E-state index < -0.39 is 5.41 Å². The van der Waals surface area contributed by atoms with Crippen LogP contribution >= 0.6 is 11.3 Å². The molecule has 8 heteroatoms. The Hall–Kier alpha value is -2.55. The average molecular weight is 494 g/mol. The molecule has 0 aliphatic carbocycles. The fourth-order valence-corrected chi connectivity index (χ4v) is 6.07. The summed E-state index contributed by atoms with van der Waals surface area (Å²) < 4.78 is 5.51. The van der Waals surface area contributed by atoms with E-state index in [-0.39, 0.29) is 5.91 Å². The van der Waals surface area contributed by atoms with Gasteiger partial charge in [0.15, 0.2) is 0 Å². The first-order valence-corrected chi connectivity index (χ1v) is 13.3. The Morgan fingerprint density at radius 2 is 1.69 bits per heavy atom. The van der Waals surface area contributed by atoms with Crippen LogP contribution in [0.2, 0.25) is 0 Å². The molecule has 0 unspecified atom stereocenters. The zero-order chi connectivity index (χ0) is 24.6. The van der Waals surface area contributed by atoms with Gasteiger partial charge in [0.1, 0.15) is 16.5 Å². The number of hydrogen-bond donors (Lipinski definition) is 0. The number of aromatic nitrogens is 2. The Morgan fingerprint density at radius 1 is 1.00 bits per heavy atom. The lowest BCUT2D eigenvalue weighted by atomic mass is 9.83. The molecule has 2 aliphatic rings. The molecule has 2 fully saturated rings. The van der Waals surface area contributed by atoms with Gasteiger partial charge in [-0.1, -0.05) is 30.3 Å². The second-order valence-corrected chi connectivity index (χ2v) is 11.3. The molecule has 1 aromatic carbocycles. The van der Waals surface area contributed by atoms with Crippen LogP contribution in [0.5, 0.6) is 0 Å². The number of ether oxygens (including phenoxy) is 1. The summed E-state index contributed by atoms with van der Waals surface area (Å²) in [5.41, 5.74) is 1.78. The van der Waals surface area contributed by atoms with Crippen LogP contribution < -0.4 is 4.90 Å². The van der Waals surface area contributed by atoms with Crippen LogP contribution in [0.25, 0.3) is 10.2 Å². The minimum atomic E-state index is -0.544. The van der Waals surface area contributed by atoms with Crippen LogP contribution in [-0.2, 0) is 21.5 Å². The number of morpholine rings is 1. The Balaban J connectivity index is 1.36. The van der Waals surface area contributed by atoms with Crippen molar-refractivity contribution < 1.29 is 9.53 Å². The molecule has 2 aliphatic heterocycles. The number of benzene rings is 1. The SMILES string of the molecule is Cc1sc2nc(CN3CCOCC3)nc(N3CCN(C(=O)C(C)(C)c4ccccc4)CC3)c2c1C. The summed E-state index contributed by atoms with van der Waals surface area (Å²) >= 11 is 1.75. The molecule has 0 atom stereocenters. The Kier molecular flexibility index (Phi) is 6.79. The van der Waals surface area contributed by atoms with Crippen LogP contribution in [0.1, 0.15) is 35.7 Å². The zero-order valence-electron chi connectivity index (χ0n) is 21.2. The quantitative estimate of drug-likeness (QED) is 0.539. The number of aryl methyl sites for hydroxylation is 2. The van der Waals surface area contributed by atoms with Crippen molar-refractivity contribution in [3.05, 3.63) is 52.2 Å². The summed E-state index contributed by atoms with van der Waals surface area (Å²) in [5.74, 6) is 2.08. The fraction of sp³-hybridized carbons (Fsp3) is 0.519. The maximum Gasteiger partial charge on any atom is 0.232 e. The predicted octanol–water partition coefficient (Wildman–Crippen LogP) is 3.77. The van der Waals surface area contributed by atoms with E-state index in [4.69, 9.17) is 14.7 Å². The highest BCUT2D eigenvalue weighted by Gasteiger charge is 2.35. The molecule has 0 radical (unpaired) electrons. The van der Waals surface area contributed by atoms with Crippen LogP contribution in [0.3, 0.4) is 0 Å². The molecular formula is C27H35N5O2S. The minimum Gasteiger partial charge on any atom is -0.379 e. The number of piperazine rings is 1. The third kappa shape index (κ3) is 4.79. The zero-order valence-corrected chi connectivity index (χ0v) is 22.0. The van der Waals surface area contributed by atoms with Crippen molar-refractivity contribution in [3.63, 3.8) is 0 Å². The van der Waals surface area contributed by atoms with Gasteiger partial charge < -0.3 is 14.5 Å². The van der Waals surface area contributed by atoms with Gasteiger partial charge in [-0.05, 0) is 38.8 Å². The molecule has 186 valence electrons. The molecule has 7 nitrogen and oxygen atoms in total. The first-order chi connectivity index (χ1) is 16.8. The number of carbonyl (C=O) groups excluding carboxylic acids is 1. The first-order valence-electron chi connectivity index (χ1n) is 12.5. The van der Waals surface area contributed by atoms with Gasteiger partial charge in [0.05, 0.1) is 30.6 Å². The lowest BCUT2D eigenvalue weighted by Gasteiger charge is -2.39. The lowest BCUT2D eigenvalue weighted by molar-refractivity contribution is -0.136. The molecule has 0 bridgehead atoms. The lowest BCUT2D eigenvalue weighted by Crippen LogP contribution is -2.53. The van der Waals surface area contributed by atoms with Gasteiger partial charge in [-0.15, -0.1) is 11.3 Å². The first kappa shape index (κ1) is 24.2. The second kappa shape index (κ2) is 9.84. The number of fused-ring (bicyclic) bond motifs is 1. The average Bonchev–Trinajstić information content (AvgIpc) is 3.17. The number of thiophene rings is 1. The van der Waals surface area contributed by atoms with E-state index in [1.54, 1.807) is 11.3 Å². The molecule has 0 spiro atoms. The molecule has 0 saturated carbocycles. The Morgan fingerprint density at radius 3 is 2.37 bits per heavy atom. The van der Waals surface area contributed by atoms with Crippen molar-refractivity contribution in [2.24, 2.45) is 0 Å². The summed E-state index contributed by atoms with van der Waals surface area (Å²) in [4.78, 5) is 32.6. The Labute approximate surface area is 211 Å². The molecule has 4 heterocycles. The molecule has 2 aromatic heterocycles. The van der Waals surface area contributed by atoms with Crippen molar-refractivity contribution in [1.29, 1.82) is 0 Å². The van der Waals surface area contributed by atoms with Crippen LogP contribution in [0, 0.1) is 13.8 Å². The van der Waals surface area contributed by atoms with Gasteiger partial charge >= 0.3 is 0 Å². The third-order valence-corrected chi connectivity index (χ3v) is 8.52. The van der Waals surface area contributed by atoms with Gasteiger partial charge in [-0.2, -0.15) is 0 Å². The summed E-state index contributed by atoms with van der Waals surface area (Å²) in [7, 11) is 0. The predicted molar refractivity (Wildman–Crippen MR) is 141 cm³/mol. The van der Waals surface area contributed by atoms with Gasteiger partial charge in [-0.3, -0.25) is 9.69 Å². The summed E-state index contributed by atoms with van der Waals surface area (Å²) in [6, 6.07) is 10.1. The monoisotopic (exact) mass is 493 g/mol. The van der Waals surface area contributed by atoms with Crippen molar-refractivity contribution in [2.75, 3.05) is 57.4 Å². The van der Waals surface area contributed by atoms with E-state index in [1.807, 2.05) is 49.1 Å². The minimum absolute atomic E-state index is 0.187. The molecule has 3 aromatic rings. The van der Waals surface area contributed by atoms with Gasteiger partial charge in [-0.25, -0.2) is 9.97 Å². The summed E-state index contributed by atoms with van der Waals surface area (Å²) in [5, 5.41) is 1.17. The largest absolute Gasteiger partial charge is 0.379 e. The van der Waals surface area contributed by atoms with Crippen LogP contribution in [0.4, 0.5) is 5.82 Å². The van der Waals surface area contributed by atoms with E-state index in [1.165, 1.54) is 15.8 Å². The number of nitrogens with zero attached hydrogens (tertiary/aromatic N) is 5. The molecule has 1 amide bonds. The normalized spacial score (nSPS) is 17.8. The smallest absolute Gasteiger partial charge is 0.232 e. The number of anilines is 1. The Bertz CT molecular complexity index is 1200. The number of carbonyl (C=O) groups is 1. The summed E-state index contributed by atoms with van der Waals surface area (Å²) in [6.45, 7) is 15.4. The van der Waals surface area contributed by atoms with Crippen LogP contribution in [-0.4, -0.2) is 78.2 Å². The molecule has 0 N–H and O–H groups in total. The molecule has 2 saturated heterocycles. The van der Waals surface area contributed by atoms with E-state index in [2.05, 4.69) is 23.6 Å². The van der Waals surface area contributed by atoms with Gasteiger partial charge in [0.25, 0.3) is 0 Å².